The summed E-state index contributed by atoms with van der Waals surface area (Å²) in [6.45, 7) is 1.46. The summed E-state index contributed by atoms with van der Waals surface area (Å²) in [5, 5.41) is 0. The van der Waals surface area contributed by atoms with Crippen molar-refractivity contribution in [2.24, 2.45) is 0 Å². The summed E-state index contributed by atoms with van der Waals surface area (Å²) in [6, 6.07) is 0. The van der Waals surface area contributed by atoms with Crippen molar-refractivity contribution in [3.8, 4) is 0 Å². The molecule has 0 rings (SSSR count). The minimum Gasteiger partial charge on any atom is -0.381 e. The number of carbonyl (C=O) groups is 2. The number of hydrogen-bond acceptors (Lipinski definition) is 3. The van der Waals surface area contributed by atoms with Crippen LogP contribution in [0.3, 0.4) is 0 Å². The summed E-state index contributed by atoms with van der Waals surface area (Å²) < 4.78 is 5.29. The Labute approximate surface area is 79.5 Å². The fourth-order valence-electron chi connectivity index (χ4n) is 0.966. The molecule has 0 aliphatic carbocycles. The molecule has 0 saturated heterocycles. The molecule has 0 unspecified atom stereocenters. The normalized spacial score (nSPS) is 9.85. The highest BCUT2D eigenvalue weighted by atomic mass is 16.5. The van der Waals surface area contributed by atoms with E-state index in [2.05, 4.69) is 0 Å². The van der Waals surface area contributed by atoms with Crippen molar-refractivity contribution >= 4 is 12.6 Å². The minimum atomic E-state index is 0.633. The Morgan fingerprint density at radius 3 is 1.62 bits per heavy atom. The minimum absolute atomic E-state index is 0.633. The van der Waals surface area contributed by atoms with E-state index in [1.165, 1.54) is 0 Å². The topological polar surface area (TPSA) is 43.4 Å². The van der Waals surface area contributed by atoms with Gasteiger partial charge in [0.15, 0.2) is 0 Å². The quantitative estimate of drug-likeness (QED) is 0.385. The van der Waals surface area contributed by atoms with Gasteiger partial charge in [0.1, 0.15) is 12.6 Å². The molecule has 0 aromatic rings. The van der Waals surface area contributed by atoms with E-state index in [1.807, 2.05) is 0 Å². The maximum absolute atomic E-state index is 9.94. The van der Waals surface area contributed by atoms with Crippen LogP contribution in [0.15, 0.2) is 0 Å². The van der Waals surface area contributed by atoms with Crippen molar-refractivity contribution in [3.05, 3.63) is 0 Å². The molecule has 0 saturated carbocycles. The highest BCUT2D eigenvalue weighted by Gasteiger charge is 1.90. The lowest BCUT2D eigenvalue weighted by molar-refractivity contribution is -0.108. The van der Waals surface area contributed by atoms with Crippen LogP contribution in [0, 0.1) is 0 Å². The van der Waals surface area contributed by atoms with Gasteiger partial charge >= 0.3 is 0 Å². The lowest BCUT2D eigenvalue weighted by Gasteiger charge is -2.01. The maximum Gasteiger partial charge on any atom is 0.119 e. The van der Waals surface area contributed by atoms with Gasteiger partial charge in [-0.1, -0.05) is 0 Å². The zero-order valence-corrected chi connectivity index (χ0v) is 8.04. The third-order valence-corrected chi connectivity index (χ3v) is 1.72. The highest BCUT2D eigenvalue weighted by molar-refractivity contribution is 5.49. The van der Waals surface area contributed by atoms with Gasteiger partial charge in [-0.3, -0.25) is 0 Å². The zero-order chi connectivity index (χ0) is 9.78. The first-order valence-electron chi connectivity index (χ1n) is 4.87. The first kappa shape index (κ1) is 12.3. The highest BCUT2D eigenvalue weighted by Crippen LogP contribution is 1.96. The SMILES string of the molecule is O=CCCCCOCCCCC=O. The fourth-order valence-corrected chi connectivity index (χ4v) is 0.966. The van der Waals surface area contributed by atoms with Gasteiger partial charge in [0.25, 0.3) is 0 Å². The third kappa shape index (κ3) is 11.3. The molecular formula is C10H18O3. The predicted molar refractivity (Wildman–Crippen MR) is 50.6 cm³/mol. The average molecular weight is 186 g/mol. The van der Waals surface area contributed by atoms with Crippen LogP contribution >= 0.6 is 0 Å². The van der Waals surface area contributed by atoms with E-state index in [4.69, 9.17) is 4.74 Å². The van der Waals surface area contributed by atoms with Crippen molar-refractivity contribution in [2.45, 2.75) is 38.5 Å². The Morgan fingerprint density at radius 2 is 1.23 bits per heavy atom. The van der Waals surface area contributed by atoms with Gasteiger partial charge in [0, 0.05) is 26.1 Å². The molecule has 0 atom stereocenters. The smallest absolute Gasteiger partial charge is 0.119 e. The number of rotatable bonds is 10. The molecule has 0 fully saturated rings. The molecule has 13 heavy (non-hydrogen) atoms. The maximum atomic E-state index is 9.94. The van der Waals surface area contributed by atoms with E-state index in [0.29, 0.717) is 12.8 Å². The van der Waals surface area contributed by atoms with E-state index in [-0.39, 0.29) is 0 Å². The summed E-state index contributed by atoms with van der Waals surface area (Å²) in [5.74, 6) is 0. The van der Waals surface area contributed by atoms with Crippen LogP contribution in [0.1, 0.15) is 38.5 Å². The molecule has 3 nitrogen and oxygen atoms in total. The number of ether oxygens (including phenoxy) is 1. The molecule has 0 spiro atoms. The second kappa shape index (κ2) is 11.3. The molecule has 0 bridgehead atoms. The van der Waals surface area contributed by atoms with Gasteiger partial charge < -0.3 is 14.3 Å². The van der Waals surface area contributed by atoms with E-state index >= 15 is 0 Å². The monoisotopic (exact) mass is 186 g/mol. The van der Waals surface area contributed by atoms with Gasteiger partial charge in [-0.2, -0.15) is 0 Å². The lowest BCUT2D eigenvalue weighted by Crippen LogP contribution is -1.97. The van der Waals surface area contributed by atoms with Gasteiger partial charge in [0.2, 0.25) is 0 Å². The molecule has 0 aromatic heterocycles. The zero-order valence-electron chi connectivity index (χ0n) is 8.04. The van der Waals surface area contributed by atoms with Crippen LogP contribution in [-0.2, 0) is 14.3 Å². The van der Waals surface area contributed by atoms with Crippen molar-refractivity contribution < 1.29 is 14.3 Å². The Bertz CT molecular complexity index is 109. The number of hydrogen-bond donors (Lipinski definition) is 0. The van der Waals surface area contributed by atoms with Gasteiger partial charge in [-0.25, -0.2) is 0 Å². The summed E-state index contributed by atoms with van der Waals surface area (Å²) in [6.07, 6.45) is 6.87. The molecular weight excluding hydrogens is 168 g/mol. The van der Waals surface area contributed by atoms with Crippen molar-refractivity contribution in [2.75, 3.05) is 13.2 Å². The summed E-state index contributed by atoms with van der Waals surface area (Å²) >= 11 is 0. The van der Waals surface area contributed by atoms with E-state index in [0.717, 1.165) is 51.5 Å². The van der Waals surface area contributed by atoms with Crippen molar-refractivity contribution in [3.63, 3.8) is 0 Å². The van der Waals surface area contributed by atoms with E-state index in [1.54, 1.807) is 0 Å². The van der Waals surface area contributed by atoms with Crippen LogP contribution in [0.2, 0.25) is 0 Å². The molecule has 76 valence electrons. The van der Waals surface area contributed by atoms with Crippen LogP contribution in [0.4, 0.5) is 0 Å². The van der Waals surface area contributed by atoms with Crippen molar-refractivity contribution in [1.82, 2.24) is 0 Å². The average Bonchev–Trinajstić information content (AvgIpc) is 2.16. The first-order chi connectivity index (χ1) is 6.41. The van der Waals surface area contributed by atoms with Crippen LogP contribution < -0.4 is 0 Å². The standard InChI is InChI=1S/C10H18O3/c11-7-3-1-5-9-13-10-6-2-4-8-12/h7-8H,1-6,9-10H2. The van der Waals surface area contributed by atoms with Crippen LogP contribution in [0.25, 0.3) is 0 Å². The Hall–Kier alpha value is -0.700. The third-order valence-electron chi connectivity index (χ3n) is 1.72. The Kier molecular flexibility index (Phi) is 10.7. The summed E-state index contributed by atoms with van der Waals surface area (Å²) in [4.78, 5) is 19.9. The lowest BCUT2D eigenvalue weighted by atomic mass is 10.2. The largest absolute Gasteiger partial charge is 0.381 e. The number of aldehydes is 2. The second-order valence-electron chi connectivity index (χ2n) is 2.94. The van der Waals surface area contributed by atoms with E-state index < -0.39 is 0 Å². The first-order valence-corrected chi connectivity index (χ1v) is 4.87. The number of carbonyl (C=O) groups excluding carboxylic acids is 2. The van der Waals surface area contributed by atoms with Gasteiger partial charge in [-0.05, 0) is 25.7 Å². The fraction of sp³-hybridized carbons (Fsp3) is 0.800. The molecule has 0 N–H and O–H groups in total. The summed E-state index contributed by atoms with van der Waals surface area (Å²) in [5.41, 5.74) is 0. The van der Waals surface area contributed by atoms with E-state index in [9.17, 15) is 9.59 Å². The Morgan fingerprint density at radius 1 is 0.769 bits per heavy atom. The molecule has 0 aliphatic rings. The molecule has 0 radical (unpaired) electrons. The Balaban J connectivity index is 2.83. The molecule has 0 aromatic carbocycles. The van der Waals surface area contributed by atoms with Crippen molar-refractivity contribution in [1.29, 1.82) is 0 Å². The predicted octanol–water partition coefficient (Wildman–Crippen LogP) is 1.74. The van der Waals surface area contributed by atoms with Gasteiger partial charge in [-0.15, -0.1) is 0 Å². The van der Waals surface area contributed by atoms with Gasteiger partial charge in [0.05, 0.1) is 0 Å². The molecule has 3 heteroatoms. The van der Waals surface area contributed by atoms with Crippen LogP contribution in [-0.4, -0.2) is 25.8 Å². The number of unbranched alkanes of at least 4 members (excludes halogenated alkanes) is 4. The second-order valence-corrected chi connectivity index (χ2v) is 2.94. The van der Waals surface area contributed by atoms with Crippen LogP contribution in [0.5, 0.6) is 0 Å². The molecule has 0 amide bonds. The molecule has 0 aliphatic heterocycles. The summed E-state index contributed by atoms with van der Waals surface area (Å²) in [7, 11) is 0. The molecule has 0 heterocycles.